The summed E-state index contributed by atoms with van der Waals surface area (Å²) in [6, 6.07) is 1.43. The summed E-state index contributed by atoms with van der Waals surface area (Å²) in [4.78, 5) is 11.2. The van der Waals surface area contributed by atoms with Gasteiger partial charge in [0.1, 0.15) is 5.75 Å². The maximum atomic E-state index is 11.2. The van der Waals surface area contributed by atoms with Crippen LogP contribution in [-0.2, 0) is 6.42 Å². The zero-order valence-corrected chi connectivity index (χ0v) is 9.39. The first kappa shape index (κ1) is 11.7. The van der Waals surface area contributed by atoms with Gasteiger partial charge in [-0.3, -0.25) is 4.79 Å². The predicted octanol–water partition coefficient (Wildman–Crippen LogP) is 1.59. The average Bonchev–Trinajstić information content (AvgIpc) is 2.20. The highest BCUT2D eigenvalue weighted by Crippen LogP contribution is 2.34. The van der Waals surface area contributed by atoms with Crippen LogP contribution in [-0.4, -0.2) is 13.0 Å². The number of carbonyl (C=O) groups is 1. The van der Waals surface area contributed by atoms with Crippen LogP contribution >= 0.6 is 11.6 Å². The largest absolute Gasteiger partial charge is 0.496 e. The van der Waals surface area contributed by atoms with Crippen LogP contribution in [0.2, 0.25) is 5.02 Å². The molecule has 1 amide bonds. The number of halogens is 1. The number of amides is 1. The van der Waals surface area contributed by atoms with Crippen LogP contribution in [0, 0.1) is 0 Å². The van der Waals surface area contributed by atoms with Crippen molar-refractivity contribution in [2.75, 3.05) is 12.8 Å². The number of anilines is 1. The van der Waals surface area contributed by atoms with E-state index in [4.69, 9.17) is 27.8 Å². The number of nitrogens with two attached hydrogens (primary N) is 2. The summed E-state index contributed by atoms with van der Waals surface area (Å²) in [5, 5.41) is 0.321. The van der Waals surface area contributed by atoms with Crippen molar-refractivity contribution >= 4 is 23.2 Å². The number of hydrogen-bond donors (Lipinski definition) is 2. The van der Waals surface area contributed by atoms with Gasteiger partial charge in [0.15, 0.2) is 0 Å². The van der Waals surface area contributed by atoms with Crippen molar-refractivity contribution in [3.8, 4) is 5.75 Å². The van der Waals surface area contributed by atoms with Crippen LogP contribution in [0.4, 0.5) is 5.69 Å². The van der Waals surface area contributed by atoms with Crippen LogP contribution in [0.25, 0.3) is 0 Å². The lowest BCUT2D eigenvalue weighted by atomic mass is 10.0. The van der Waals surface area contributed by atoms with Gasteiger partial charge < -0.3 is 16.2 Å². The Morgan fingerprint density at radius 3 is 2.60 bits per heavy atom. The van der Waals surface area contributed by atoms with Crippen molar-refractivity contribution in [2.45, 2.75) is 13.3 Å². The normalized spacial score (nSPS) is 10.1. The SMILES string of the molecule is CCc1c(N)c(Cl)cc(C(N)=O)c1OC. The van der Waals surface area contributed by atoms with Gasteiger partial charge in [-0.15, -0.1) is 0 Å². The van der Waals surface area contributed by atoms with Crippen LogP contribution in [0.15, 0.2) is 6.07 Å². The smallest absolute Gasteiger partial charge is 0.252 e. The summed E-state index contributed by atoms with van der Waals surface area (Å²) >= 11 is 5.88. The van der Waals surface area contributed by atoms with Crippen LogP contribution in [0.1, 0.15) is 22.8 Å². The lowest BCUT2D eigenvalue weighted by Gasteiger charge is -2.14. The number of rotatable bonds is 3. The van der Waals surface area contributed by atoms with Gasteiger partial charge >= 0.3 is 0 Å². The van der Waals surface area contributed by atoms with Gasteiger partial charge in [0.05, 0.1) is 23.4 Å². The molecule has 0 saturated heterocycles. The van der Waals surface area contributed by atoms with Crippen LogP contribution in [0.3, 0.4) is 0 Å². The minimum Gasteiger partial charge on any atom is -0.496 e. The molecule has 0 saturated carbocycles. The molecule has 4 N–H and O–H groups in total. The highest BCUT2D eigenvalue weighted by molar-refractivity contribution is 6.33. The number of benzene rings is 1. The maximum Gasteiger partial charge on any atom is 0.252 e. The van der Waals surface area contributed by atoms with Crippen LogP contribution in [0.5, 0.6) is 5.75 Å². The van der Waals surface area contributed by atoms with Gasteiger partial charge in [0.2, 0.25) is 0 Å². The molecule has 5 heteroatoms. The molecule has 0 bridgehead atoms. The molecule has 1 aromatic carbocycles. The first-order chi connectivity index (χ1) is 7.02. The van der Waals surface area contributed by atoms with E-state index >= 15 is 0 Å². The van der Waals surface area contributed by atoms with Crippen molar-refractivity contribution < 1.29 is 9.53 Å². The fraction of sp³-hybridized carbons (Fsp3) is 0.300. The Labute approximate surface area is 93.1 Å². The number of hydrogen-bond acceptors (Lipinski definition) is 3. The fourth-order valence-electron chi connectivity index (χ4n) is 1.47. The molecule has 0 aliphatic heterocycles. The Hall–Kier alpha value is -1.42. The average molecular weight is 229 g/mol. The highest BCUT2D eigenvalue weighted by Gasteiger charge is 2.17. The molecule has 0 aliphatic rings. The second-order valence-corrected chi connectivity index (χ2v) is 3.46. The van der Waals surface area contributed by atoms with E-state index in [0.29, 0.717) is 28.4 Å². The molecule has 0 heterocycles. The third-order valence-electron chi connectivity index (χ3n) is 2.20. The van der Waals surface area contributed by atoms with Crippen molar-refractivity contribution in [1.29, 1.82) is 0 Å². The Morgan fingerprint density at radius 1 is 1.60 bits per heavy atom. The van der Waals surface area contributed by atoms with E-state index in [9.17, 15) is 4.79 Å². The van der Waals surface area contributed by atoms with Gasteiger partial charge in [0, 0.05) is 5.56 Å². The first-order valence-corrected chi connectivity index (χ1v) is 4.85. The van der Waals surface area contributed by atoms with E-state index in [1.165, 1.54) is 13.2 Å². The Bertz CT molecular complexity index is 405. The molecule has 1 aromatic rings. The number of carbonyl (C=O) groups excluding carboxylic acids is 1. The van der Waals surface area contributed by atoms with Crippen molar-refractivity contribution in [3.63, 3.8) is 0 Å². The Morgan fingerprint density at radius 2 is 2.20 bits per heavy atom. The molecular formula is C10H13ClN2O2. The first-order valence-electron chi connectivity index (χ1n) is 4.47. The summed E-state index contributed by atoms with van der Waals surface area (Å²) in [6.45, 7) is 1.90. The van der Waals surface area contributed by atoms with Crippen LogP contribution < -0.4 is 16.2 Å². The maximum absolute atomic E-state index is 11.2. The molecule has 0 spiro atoms. The predicted molar refractivity (Wildman–Crippen MR) is 60.3 cm³/mol. The third-order valence-corrected chi connectivity index (χ3v) is 2.51. The van der Waals surface area contributed by atoms with E-state index in [1.54, 1.807) is 0 Å². The molecule has 0 fully saturated rings. The van der Waals surface area contributed by atoms with Gasteiger partial charge in [-0.05, 0) is 12.5 Å². The van der Waals surface area contributed by atoms with E-state index in [0.717, 1.165) is 0 Å². The Balaban J connectivity index is 3.54. The van der Waals surface area contributed by atoms with Crippen molar-refractivity contribution in [2.24, 2.45) is 5.73 Å². The Kier molecular flexibility index (Phi) is 3.42. The zero-order valence-electron chi connectivity index (χ0n) is 8.63. The summed E-state index contributed by atoms with van der Waals surface area (Å²) in [5.41, 5.74) is 12.4. The van der Waals surface area contributed by atoms with Crippen molar-refractivity contribution in [1.82, 2.24) is 0 Å². The fourth-order valence-corrected chi connectivity index (χ4v) is 1.69. The minimum atomic E-state index is -0.580. The van der Waals surface area contributed by atoms with Crippen molar-refractivity contribution in [3.05, 3.63) is 22.2 Å². The topological polar surface area (TPSA) is 78.3 Å². The number of ether oxygens (including phenoxy) is 1. The monoisotopic (exact) mass is 228 g/mol. The summed E-state index contributed by atoms with van der Waals surface area (Å²) in [5.74, 6) is -0.171. The van der Waals surface area contributed by atoms with Gasteiger partial charge in [-0.25, -0.2) is 0 Å². The molecule has 1 rings (SSSR count). The zero-order chi connectivity index (χ0) is 11.6. The number of primary amides is 1. The quantitative estimate of drug-likeness (QED) is 0.772. The summed E-state index contributed by atoms with van der Waals surface area (Å²) in [7, 11) is 1.47. The molecule has 4 nitrogen and oxygen atoms in total. The molecule has 0 radical (unpaired) electrons. The second kappa shape index (κ2) is 4.40. The molecule has 82 valence electrons. The highest BCUT2D eigenvalue weighted by atomic mass is 35.5. The summed E-state index contributed by atoms with van der Waals surface area (Å²) < 4.78 is 5.13. The van der Waals surface area contributed by atoms with E-state index in [-0.39, 0.29) is 5.56 Å². The van der Waals surface area contributed by atoms with E-state index in [1.807, 2.05) is 6.92 Å². The number of nitrogen functional groups attached to an aromatic ring is 1. The summed E-state index contributed by atoms with van der Waals surface area (Å²) in [6.07, 6.45) is 0.621. The van der Waals surface area contributed by atoms with E-state index in [2.05, 4.69) is 0 Å². The molecular weight excluding hydrogens is 216 g/mol. The lowest BCUT2D eigenvalue weighted by Crippen LogP contribution is -2.14. The van der Waals surface area contributed by atoms with Gasteiger partial charge in [-0.2, -0.15) is 0 Å². The molecule has 0 atom stereocenters. The third kappa shape index (κ3) is 1.99. The molecule has 0 aliphatic carbocycles. The molecule has 0 aromatic heterocycles. The molecule has 0 unspecified atom stereocenters. The van der Waals surface area contributed by atoms with Gasteiger partial charge in [0.25, 0.3) is 5.91 Å². The molecule has 15 heavy (non-hydrogen) atoms. The standard InChI is InChI=1S/C10H13ClN2O2/c1-3-5-8(12)7(11)4-6(10(13)14)9(5)15-2/h4H,3,12H2,1-2H3,(H2,13,14). The second-order valence-electron chi connectivity index (χ2n) is 3.05. The number of methoxy groups -OCH3 is 1. The lowest BCUT2D eigenvalue weighted by molar-refractivity contribution is 0.0997. The van der Waals surface area contributed by atoms with E-state index < -0.39 is 5.91 Å². The minimum absolute atomic E-state index is 0.258. The van der Waals surface area contributed by atoms with Gasteiger partial charge in [-0.1, -0.05) is 18.5 Å².